The van der Waals surface area contributed by atoms with Gasteiger partial charge < -0.3 is 15.2 Å². The van der Waals surface area contributed by atoms with Crippen LogP contribution in [0.15, 0.2) is 0 Å². The van der Waals surface area contributed by atoms with E-state index < -0.39 is 0 Å². The molecule has 0 aromatic heterocycles. The molecule has 1 saturated carbocycles. The van der Waals surface area contributed by atoms with Crippen LogP contribution in [0.4, 0.5) is 0 Å². The van der Waals surface area contributed by atoms with Crippen molar-refractivity contribution in [2.75, 3.05) is 32.9 Å². The summed E-state index contributed by atoms with van der Waals surface area (Å²) in [5.74, 6) is 0.886. The molecule has 1 rings (SSSR count). The molecule has 0 bridgehead atoms. The van der Waals surface area contributed by atoms with Crippen LogP contribution in [0.5, 0.6) is 0 Å². The van der Waals surface area contributed by atoms with E-state index in [0.717, 1.165) is 51.5 Å². The van der Waals surface area contributed by atoms with Crippen molar-refractivity contribution in [1.82, 2.24) is 5.32 Å². The molecule has 90 valence electrons. The molecule has 0 aromatic carbocycles. The zero-order valence-electron chi connectivity index (χ0n) is 9.71. The number of aliphatic hydroxyl groups excluding tert-OH is 1. The topological polar surface area (TPSA) is 41.5 Å². The summed E-state index contributed by atoms with van der Waals surface area (Å²) in [5.41, 5.74) is 0. The Hall–Kier alpha value is -0.120. The highest BCUT2D eigenvalue weighted by Gasteiger charge is 2.20. The normalized spacial score (nSPS) is 15.8. The number of hydrogen-bond donors (Lipinski definition) is 2. The van der Waals surface area contributed by atoms with Crippen molar-refractivity contribution in [2.45, 2.75) is 38.5 Å². The monoisotopic (exact) mass is 215 g/mol. The lowest BCUT2D eigenvalue weighted by molar-refractivity contribution is 0.122. The molecule has 1 aliphatic carbocycles. The van der Waals surface area contributed by atoms with Gasteiger partial charge in [-0.05, 0) is 57.5 Å². The Morgan fingerprint density at radius 1 is 1.07 bits per heavy atom. The molecule has 1 fully saturated rings. The second-order valence-electron chi connectivity index (χ2n) is 4.41. The summed E-state index contributed by atoms with van der Waals surface area (Å²) >= 11 is 0. The number of aliphatic hydroxyl groups is 1. The highest BCUT2D eigenvalue weighted by atomic mass is 16.5. The first-order valence-corrected chi connectivity index (χ1v) is 6.33. The van der Waals surface area contributed by atoms with Gasteiger partial charge in [0.15, 0.2) is 0 Å². The fourth-order valence-corrected chi connectivity index (χ4v) is 1.50. The Balaban J connectivity index is 1.62. The molecule has 1 aliphatic rings. The SMILES string of the molecule is OCCCCCNCCCOCC1CC1. The molecular formula is C12H25NO2. The number of nitrogens with one attached hydrogen (secondary N) is 1. The molecule has 15 heavy (non-hydrogen) atoms. The largest absolute Gasteiger partial charge is 0.396 e. The molecule has 0 heterocycles. The van der Waals surface area contributed by atoms with Gasteiger partial charge in [-0.25, -0.2) is 0 Å². The van der Waals surface area contributed by atoms with Crippen LogP contribution in [0.25, 0.3) is 0 Å². The lowest BCUT2D eigenvalue weighted by Gasteiger charge is -2.05. The Labute approximate surface area is 93.2 Å². The molecule has 0 aliphatic heterocycles. The lowest BCUT2D eigenvalue weighted by atomic mass is 10.2. The van der Waals surface area contributed by atoms with Gasteiger partial charge in [-0.1, -0.05) is 0 Å². The molecule has 3 nitrogen and oxygen atoms in total. The van der Waals surface area contributed by atoms with Gasteiger partial charge in [0.2, 0.25) is 0 Å². The molecule has 0 amide bonds. The van der Waals surface area contributed by atoms with E-state index in [1.165, 1.54) is 19.3 Å². The van der Waals surface area contributed by atoms with E-state index in [2.05, 4.69) is 5.32 Å². The molecule has 0 radical (unpaired) electrons. The highest BCUT2D eigenvalue weighted by Crippen LogP contribution is 2.28. The van der Waals surface area contributed by atoms with E-state index in [1.807, 2.05) is 0 Å². The van der Waals surface area contributed by atoms with Crippen molar-refractivity contribution in [1.29, 1.82) is 0 Å². The predicted molar refractivity (Wildman–Crippen MR) is 62.0 cm³/mol. The molecule has 3 heteroatoms. The highest BCUT2D eigenvalue weighted by molar-refractivity contribution is 4.71. The van der Waals surface area contributed by atoms with Crippen LogP contribution in [0, 0.1) is 5.92 Å². The van der Waals surface area contributed by atoms with Crippen LogP contribution in [-0.2, 0) is 4.74 Å². The van der Waals surface area contributed by atoms with Crippen molar-refractivity contribution in [3.63, 3.8) is 0 Å². The second-order valence-corrected chi connectivity index (χ2v) is 4.41. The van der Waals surface area contributed by atoms with Gasteiger partial charge in [-0.15, -0.1) is 0 Å². The van der Waals surface area contributed by atoms with E-state index in [9.17, 15) is 0 Å². The summed E-state index contributed by atoms with van der Waals surface area (Å²) in [6.07, 6.45) is 7.11. The summed E-state index contributed by atoms with van der Waals surface area (Å²) in [6, 6.07) is 0. The number of rotatable bonds is 11. The minimum absolute atomic E-state index is 0.328. The summed E-state index contributed by atoms with van der Waals surface area (Å²) in [4.78, 5) is 0. The predicted octanol–water partition coefficient (Wildman–Crippen LogP) is 1.56. The quantitative estimate of drug-likeness (QED) is 0.514. The zero-order valence-corrected chi connectivity index (χ0v) is 9.71. The van der Waals surface area contributed by atoms with Gasteiger partial charge in [0.25, 0.3) is 0 Å². The first-order chi connectivity index (χ1) is 7.43. The summed E-state index contributed by atoms with van der Waals surface area (Å²) in [6.45, 7) is 4.35. The average Bonchev–Trinajstić information content (AvgIpc) is 3.05. The van der Waals surface area contributed by atoms with Gasteiger partial charge in [-0.2, -0.15) is 0 Å². The van der Waals surface area contributed by atoms with Crippen LogP contribution >= 0.6 is 0 Å². The first-order valence-electron chi connectivity index (χ1n) is 6.33. The van der Waals surface area contributed by atoms with Crippen molar-refractivity contribution >= 4 is 0 Å². The molecular weight excluding hydrogens is 190 g/mol. The molecule has 0 saturated heterocycles. The number of ether oxygens (including phenoxy) is 1. The van der Waals surface area contributed by atoms with Crippen LogP contribution in [0.3, 0.4) is 0 Å². The molecule has 0 unspecified atom stereocenters. The Kier molecular flexibility index (Phi) is 7.88. The Bertz CT molecular complexity index is 138. The third-order valence-electron chi connectivity index (χ3n) is 2.70. The van der Waals surface area contributed by atoms with Crippen LogP contribution in [0.1, 0.15) is 38.5 Å². The minimum atomic E-state index is 0.328. The van der Waals surface area contributed by atoms with E-state index >= 15 is 0 Å². The van der Waals surface area contributed by atoms with Crippen molar-refractivity contribution in [3.05, 3.63) is 0 Å². The Morgan fingerprint density at radius 3 is 2.60 bits per heavy atom. The van der Waals surface area contributed by atoms with E-state index in [1.54, 1.807) is 0 Å². The lowest BCUT2D eigenvalue weighted by Crippen LogP contribution is -2.18. The summed E-state index contributed by atoms with van der Waals surface area (Å²) in [7, 11) is 0. The summed E-state index contributed by atoms with van der Waals surface area (Å²) < 4.78 is 5.53. The fraction of sp³-hybridized carbons (Fsp3) is 1.00. The standard InChI is InChI=1S/C12H25NO2/c14-9-3-1-2-7-13-8-4-10-15-11-12-5-6-12/h12-14H,1-11H2. The number of hydrogen-bond acceptors (Lipinski definition) is 3. The smallest absolute Gasteiger partial charge is 0.0494 e. The average molecular weight is 215 g/mol. The minimum Gasteiger partial charge on any atom is -0.396 e. The van der Waals surface area contributed by atoms with E-state index in [4.69, 9.17) is 9.84 Å². The maximum Gasteiger partial charge on any atom is 0.0494 e. The molecule has 0 aromatic rings. The fourth-order valence-electron chi connectivity index (χ4n) is 1.50. The third-order valence-corrected chi connectivity index (χ3v) is 2.70. The van der Waals surface area contributed by atoms with E-state index in [-0.39, 0.29) is 0 Å². The maximum absolute atomic E-state index is 8.58. The van der Waals surface area contributed by atoms with Crippen LogP contribution in [-0.4, -0.2) is 38.0 Å². The van der Waals surface area contributed by atoms with Gasteiger partial charge in [0.05, 0.1) is 0 Å². The maximum atomic E-state index is 8.58. The van der Waals surface area contributed by atoms with Crippen molar-refractivity contribution < 1.29 is 9.84 Å². The van der Waals surface area contributed by atoms with Crippen molar-refractivity contribution in [3.8, 4) is 0 Å². The number of unbranched alkanes of at least 4 members (excludes halogenated alkanes) is 2. The molecule has 2 N–H and O–H groups in total. The summed E-state index contributed by atoms with van der Waals surface area (Å²) in [5, 5.41) is 12.0. The van der Waals surface area contributed by atoms with Crippen molar-refractivity contribution in [2.24, 2.45) is 5.92 Å². The first kappa shape index (κ1) is 12.9. The molecule has 0 spiro atoms. The molecule has 0 atom stereocenters. The Morgan fingerprint density at radius 2 is 1.87 bits per heavy atom. The van der Waals surface area contributed by atoms with Gasteiger partial charge in [-0.3, -0.25) is 0 Å². The van der Waals surface area contributed by atoms with Gasteiger partial charge >= 0.3 is 0 Å². The zero-order chi connectivity index (χ0) is 10.8. The van der Waals surface area contributed by atoms with Gasteiger partial charge in [0, 0.05) is 19.8 Å². The second kappa shape index (κ2) is 9.13. The van der Waals surface area contributed by atoms with Gasteiger partial charge in [0.1, 0.15) is 0 Å². The third kappa shape index (κ3) is 8.85. The van der Waals surface area contributed by atoms with Crippen LogP contribution in [0.2, 0.25) is 0 Å². The van der Waals surface area contributed by atoms with E-state index in [0.29, 0.717) is 6.61 Å². The van der Waals surface area contributed by atoms with Crippen LogP contribution < -0.4 is 5.32 Å².